The predicted molar refractivity (Wildman–Crippen MR) is 83.3 cm³/mol. The van der Waals surface area contributed by atoms with E-state index >= 15 is 0 Å². The van der Waals surface area contributed by atoms with E-state index in [1.807, 2.05) is 6.92 Å². The summed E-state index contributed by atoms with van der Waals surface area (Å²) in [6, 6.07) is 7.00. The van der Waals surface area contributed by atoms with Gasteiger partial charge in [0.05, 0.1) is 5.69 Å². The minimum absolute atomic E-state index is 0.0332. The van der Waals surface area contributed by atoms with Crippen LogP contribution in [0.25, 0.3) is 0 Å². The third kappa shape index (κ3) is 3.70. The molecule has 112 valence electrons. The summed E-state index contributed by atoms with van der Waals surface area (Å²) in [7, 11) is -3.93. The van der Waals surface area contributed by atoms with Crippen LogP contribution in [0.5, 0.6) is 0 Å². The second-order valence-electron chi connectivity index (χ2n) is 4.11. The Morgan fingerprint density at radius 1 is 1.33 bits per heavy atom. The molecule has 0 amide bonds. The van der Waals surface area contributed by atoms with Crippen LogP contribution in [-0.4, -0.2) is 19.9 Å². The minimum atomic E-state index is -3.93. The van der Waals surface area contributed by atoms with E-state index in [-0.39, 0.29) is 16.4 Å². The first-order chi connectivity index (χ1) is 9.94. The Bertz CT molecular complexity index is 753. The average molecular weight is 374 g/mol. The first kappa shape index (κ1) is 15.7. The SMILES string of the molecule is CCNc1ncccc1S(=O)(=O)Nc1ccc(Br)cc1F. The molecule has 0 bridgehead atoms. The van der Waals surface area contributed by atoms with Gasteiger partial charge in [0, 0.05) is 17.2 Å². The number of hydrogen-bond donors (Lipinski definition) is 2. The van der Waals surface area contributed by atoms with E-state index in [2.05, 4.69) is 31.0 Å². The summed E-state index contributed by atoms with van der Waals surface area (Å²) in [5.74, 6) is -0.438. The van der Waals surface area contributed by atoms with Crippen LogP contribution in [0.4, 0.5) is 15.9 Å². The zero-order valence-corrected chi connectivity index (χ0v) is 13.5. The van der Waals surface area contributed by atoms with Crippen LogP contribution in [0.1, 0.15) is 6.92 Å². The number of halogens is 2. The normalized spacial score (nSPS) is 11.2. The molecule has 0 unspecified atom stereocenters. The molecule has 0 radical (unpaired) electrons. The Morgan fingerprint density at radius 2 is 2.10 bits per heavy atom. The fourth-order valence-electron chi connectivity index (χ4n) is 1.68. The van der Waals surface area contributed by atoms with Crippen LogP contribution >= 0.6 is 15.9 Å². The highest BCUT2D eigenvalue weighted by Gasteiger charge is 2.20. The lowest BCUT2D eigenvalue weighted by atomic mass is 10.3. The number of nitrogens with one attached hydrogen (secondary N) is 2. The molecule has 0 spiro atoms. The lowest BCUT2D eigenvalue weighted by Gasteiger charge is -2.12. The first-order valence-electron chi connectivity index (χ1n) is 6.11. The van der Waals surface area contributed by atoms with Gasteiger partial charge in [0.1, 0.15) is 16.5 Å². The highest BCUT2D eigenvalue weighted by Crippen LogP contribution is 2.24. The van der Waals surface area contributed by atoms with Crippen molar-refractivity contribution in [1.29, 1.82) is 0 Å². The fraction of sp³-hybridized carbons (Fsp3) is 0.154. The zero-order chi connectivity index (χ0) is 15.5. The Kier molecular flexibility index (Phi) is 4.79. The number of pyridine rings is 1. The molecule has 2 rings (SSSR count). The van der Waals surface area contributed by atoms with Crippen molar-refractivity contribution in [3.05, 3.63) is 46.8 Å². The van der Waals surface area contributed by atoms with Crippen molar-refractivity contribution in [2.75, 3.05) is 16.6 Å². The van der Waals surface area contributed by atoms with E-state index in [4.69, 9.17) is 0 Å². The number of aromatic nitrogens is 1. The van der Waals surface area contributed by atoms with Crippen LogP contribution in [0.3, 0.4) is 0 Å². The van der Waals surface area contributed by atoms with Gasteiger partial charge in [-0.1, -0.05) is 15.9 Å². The average Bonchev–Trinajstić information content (AvgIpc) is 2.43. The molecule has 1 aromatic carbocycles. The topological polar surface area (TPSA) is 71.1 Å². The molecule has 2 aromatic rings. The molecule has 8 heteroatoms. The minimum Gasteiger partial charge on any atom is -0.369 e. The van der Waals surface area contributed by atoms with Gasteiger partial charge in [0.2, 0.25) is 0 Å². The molecular formula is C13H13BrFN3O2S. The summed E-state index contributed by atoms with van der Waals surface area (Å²) in [6.45, 7) is 2.35. The van der Waals surface area contributed by atoms with Crippen molar-refractivity contribution in [2.45, 2.75) is 11.8 Å². The second-order valence-corrected chi connectivity index (χ2v) is 6.68. The quantitative estimate of drug-likeness (QED) is 0.843. The van der Waals surface area contributed by atoms with E-state index < -0.39 is 15.8 Å². The van der Waals surface area contributed by atoms with Crippen LogP contribution in [0.15, 0.2) is 45.9 Å². The maximum Gasteiger partial charge on any atom is 0.265 e. The van der Waals surface area contributed by atoms with Gasteiger partial charge in [0.25, 0.3) is 10.0 Å². The molecule has 1 heterocycles. The van der Waals surface area contributed by atoms with Crippen LogP contribution < -0.4 is 10.0 Å². The molecule has 5 nitrogen and oxygen atoms in total. The third-order valence-electron chi connectivity index (χ3n) is 2.58. The van der Waals surface area contributed by atoms with Crippen molar-refractivity contribution in [1.82, 2.24) is 4.98 Å². The monoisotopic (exact) mass is 373 g/mol. The van der Waals surface area contributed by atoms with E-state index in [0.717, 1.165) is 0 Å². The zero-order valence-electron chi connectivity index (χ0n) is 11.1. The number of benzene rings is 1. The molecule has 0 aliphatic heterocycles. The van der Waals surface area contributed by atoms with Crippen molar-refractivity contribution in [3.8, 4) is 0 Å². The number of sulfonamides is 1. The highest BCUT2D eigenvalue weighted by molar-refractivity contribution is 9.10. The second kappa shape index (κ2) is 6.40. The van der Waals surface area contributed by atoms with Crippen molar-refractivity contribution < 1.29 is 12.8 Å². The van der Waals surface area contributed by atoms with E-state index in [0.29, 0.717) is 11.0 Å². The summed E-state index contributed by atoms with van der Waals surface area (Å²) >= 11 is 3.12. The molecule has 0 saturated heterocycles. The molecule has 0 aliphatic carbocycles. The number of hydrogen-bond acceptors (Lipinski definition) is 4. The van der Waals surface area contributed by atoms with Crippen LogP contribution in [0, 0.1) is 5.82 Å². The van der Waals surface area contributed by atoms with Gasteiger partial charge in [-0.2, -0.15) is 0 Å². The number of rotatable bonds is 5. The number of anilines is 2. The lowest BCUT2D eigenvalue weighted by molar-refractivity contribution is 0.598. The van der Waals surface area contributed by atoms with Gasteiger partial charge in [0.15, 0.2) is 0 Å². The molecule has 0 aliphatic rings. The number of nitrogens with zero attached hydrogens (tertiary/aromatic N) is 1. The Morgan fingerprint density at radius 3 is 2.76 bits per heavy atom. The van der Waals surface area contributed by atoms with Gasteiger partial charge in [-0.25, -0.2) is 17.8 Å². The first-order valence-corrected chi connectivity index (χ1v) is 8.38. The smallest absolute Gasteiger partial charge is 0.265 e. The highest BCUT2D eigenvalue weighted by atomic mass is 79.9. The van der Waals surface area contributed by atoms with Gasteiger partial charge in [-0.15, -0.1) is 0 Å². The molecule has 0 atom stereocenters. The van der Waals surface area contributed by atoms with Crippen molar-refractivity contribution >= 4 is 37.5 Å². The molecule has 2 N–H and O–H groups in total. The fourth-order valence-corrected chi connectivity index (χ4v) is 3.21. The summed E-state index contributed by atoms with van der Waals surface area (Å²) in [5, 5.41) is 2.86. The summed E-state index contributed by atoms with van der Waals surface area (Å²) < 4.78 is 41.2. The van der Waals surface area contributed by atoms with Gasteiger partial charge >= 0.3 is 0 Å². The Hall–Kier alpha value is -1.67. The molecule has 0 fully saturated rings. The van der Waals surface area contributed by atoms with Gasteiger partial charge in [-0.3, -0.25) is 4.72 Å². The van der Waals surface area contributed by atoms with E-state index in [9.17, 15) is 12.8 Å². The maximum atomic E-state index is 13.8. The summed E-state index contributed by atoms with van der Waals surface area (Å²) in [6.07, 6.45) is 1.48. The molecule has 21 heavy (non-hydrogen) atoms. The van der Waals surface area contributed by atoms with E-state index in [1.54, 1.807) is 6.07 Å². The Balaban J connectivity index is 2.39. The van der Waals surface area contributed by atoms with Crippen molar-refractivity contribution in [3.63, 3.8) is 0 Å². The van der Waals surface area contributed by atoms with Crippen LogP contribution in [-0.2, 0) is 10.0 Å². The molecular weight excluding hydrogens is 361 g/mol. The summed E-state index contributed by atoms with van der Waals surface area (Å²) in [4.78, 5) is 3.95. The third-order valence-corrected chi connectivity index (χ3v) is 4.47. The lowest BCUT2D eigenvalue weighted by Crippen LogP contribution is -2.17. The van der Waals surface area contributed by atoms with Gasteiger partial charge in [-0.05, 0) is 37.3 Å². The van der Waals surface area contributed by atoms with E-state index in [1.165, 1.54) is 30.5 Å². The standard InChI is InChI=1S/C13H13BrFN3O2S/c1-2-16-13-12(4-3-7-17-13)21(19,20)18-11-6-5-9(14)8-10(11)15/h3-8,18H,2H2,1H3,(H,16,17). The van der Waals surface area contributed by atoms with Gasteiger partial charge < -0.3 is 5.32 Å². The summed E-state index contributed by atoms with van der Waals surface area (Å²) in [5.41, 5.74) is -0.121. The largest absolute Gasteiger partial charge is 0.369 e. The molecule has 0 saturated carbocycles. The van der Waals surface area contributed by atoms with Crippen molar-refractivity contribution in [2.24, 2.45) is 0 Å². The van der Waals surface area contributed by atoms with Crippen LogP contribution in [0.2, 0.25) is 0 Å². The Labute approximate surface area is 130 Å². The molecule has 1 aromatic heterocycles. The predicted octanol–water partition coefficient (Wildman–Crippen LogP) is 3.22. The maximum absolute atomic E-state index is 13.8.